The maximum absolute atomic E-state index is 12.1. The number of aryl methyl sites for hydroxylation is 2. The number of rotatable bonds is 7. The van der Waals surface area contributed by atoms with Crippen LogP contribution >= 0.6 is 22.9 Å². The van der Waals surface area contributed by atoms with Gasteiger partial charge in [-0.15, -0.1) is 11.3 Å². The van der Waals surface area contributed by atoms with Gasteiger partial charge in [-0.25, -0.2) is 4.79 Å². The summed E-state index contributed by atoms with van der Waals surface area (Å²) < 4.78 is 10.2. The van der Waals surface area contributed by atoms with Gasteiger partial charge in [-0.05, 0) is 49.4 Å². The van der Waals surface area contributed by atoms with Crippen LogP contribution in [-0.2, 0) is 27.2 Å². The topological polar surface area (TPSA) is 108 Å². The van der Waals surface area contributed by atoms with Gasteiger partial charge in [0.2, 0.25) is 0 Å². The van der Waals surface area contributed by atoms with Gasteiger partial charge < -0.3 is 20.5 Å². The predicted molar refractivity (Wildman–Crippen MR) is 106 cm³/mol. The number of thiophene rings is 1. The normalized spacial score (nSPS) is 12.4. The Morgan fingerprint density at radius 2 is 2.04 bits per heavy atom. The number of primary amides is 1. The van der Waals surface area contributed by atoms with Gasteiger partial charge >= 0.3 is 5.97 Å². The Bertz CT molecular complexity index is 941. The first-order chi connectivity index (χ1) is 13.3. The molecule has 0 fully saturated rings. The molecule has 3 N–H and O–H groups in total. The highest BCUT2D eigenvalue weighted by molar-refractivity contribution is 7.17. The van der Waals surface area contributed by atoms with Crippen molar-refractivity contribution in [3.63, 3.8) is 0 Å². The van der Waals surface area contributed by atoms with Crippen LogP contribution in [0.4, 0.5) is 5.00 Å². The first kappa shape index (κ1) is 20.2. The number of nitrogens with two attached hydrogens (primary N) is 1. The van der Waals surface area contributed by atoms with Crippen molar-refractivity contribution in [3.8, 4) is 5.75 Å². The average molecular weight is 423 g/mol. The highest BCUT2D eigenvalue weighted by atomic mass is 35.5. The van der Waals surface area contributed by atoms with E-state index in [1.807, 2.05) is 13.0 Å². The third-order valence-electron chi connectivity index (χ3n) is 4.22. The number of halogens is 1. The van der Waals surface area contributed by atoms with Gasteiger partial charge in [-0.2, -0.15) is 0 Å². The van der Waals surface area contributed by atoms with Crippen LogP contribution in [0.2, 0.25) is 5.02 Å². The van der Waals surface area contributed by atoms with E-state index in [-0.39, 0.29) is 6.61 Å². The van der Waals surface area contributed by atoms with Crippen molar-refractivity contribution in [1.82, 2.24) is 0 Å². The van der Waals surface area contributed by atoms with Crippen molar-refractivity contribution in [2.45, 2.75) is 26.2 Å². The smallest absolute Gasteiger partial charge is 0.344 e. The second-order valence-electron chi connectivity index (χ2n) is 6.36. The summed E-state index contributed by atoms with van der Waals surface area (Å²) >= 11 is 7.33. The number of hydrogen-bond donors (Lipinski definition) is 2. The molecule has 0 atom stereocenters. The van der Waals surface area contributed by atoms with Crippen LogP contribution in [0, 0.1) is 6.92 Å². The van der Waals surface area contributed by atoms with Crippen molar-refractivity contribution in [3.05, 3.63) is 44.8 Å². The monoisotopic (exact) mass is 422 g/mol. The molecule has 1 aromatic carbocycles. The van der Waals surface area contributed by atoms with E-state index in [1.54, 1.807) is 12.1 Å². The van der Waals surface area contributed by atoms with Gasteiger partial charge in [0.1, 0.15) is 10.8 Å². The van der Waals surface area contributed by atoms with E-state index in [1.165, 1.54) is 11.3 Å². The fraction of sp³-hybridized carbons (Fsp3) is 0.316. The minimum atomic E-state index is -0.712. The highest BCUT2D eigenvalue weighted by Crippen LogP contribution is 2.38. The highest BCUT2D eigenvalue weighted by Gasteiger charge is 2.26. The quantitative estimate of drug-likeness (QED) is 0.667. The third-order valence-corrected chi connectivity index (χ3v) is 5.74. The fourth-order valence-electron chi connectivity index (χ4n) is 2.96. The Labute approximate surface area is 170 Å². The molecule has 0 spiro atoms. The number of esters is 1. The lowest BCUT2D eigenvalue weighted by molar-refractivity contribution is -0.149. The summed E-state index contributed by atoms with van der Waals surface area (Å²) in [7, 11) is 0. The summed E-state index contributed by atoms with van der Waals surface area (Å²) in [6.45, 7) is 0.993. The molecule has 3 rings (SSSR count). The molecule has 0 radical (unpaired) electrons. The Morgan fingerprint density at radius 1 is 1.25 bits per heavy atom. The summed E-state index contributed by atoms with van der Waals surface area (Å²) in [4.78, 5) is 36.7. The van der Waals surface area contributed by atoms with Crippen LogP contribution in [-0.4, -0.2) is 31.0 Å². The summed E-state index contributed by atoms with van der Waals surface area (Å²) in [5.41, 5.74) is 7.65. The molecule has 2 amide bonds. The van der Waals surface area contributed by atoms with Gasteiger partial charge in [-0.1, -0.05) is 17.7 Å². The number of amides is 2. The van der Waals surface area contributed by atoms with Crippen LogP contribution in [0.1, 0.15) is 32.8 Å². The molecule has 1 heterocycles. The molecular formula is C19H19ClN2O5S. The van der Waals surface area contributed by atoms with E-state index in [0.717, 1.165) is 35.3 Å². The number of hydrogen-bond acceptors (Lipinski definition) is 6. The van der Waals surface area contributed by atoms with Gasteiger partial charge in [0, 0.05) is 4.88 Å². The molecule has 1 aromatic heterocycles. The molecule has 148 valence electrons. The number of ether oxygens (including phenoxy) is 2. The van der Waals surface area contributed by atoms with E-state index in [4.69, 9.17) is 26.8 Å². The Morgan fingerprint density at radius 3 is 2.79 bits per heavy atom. The predicted octanol–water partition coefficient (Wildman–Crippen LogP) is 2.86. The lowest BCUT2D eigenvalue weighted by atomic mass is 10.1. The van der Waals surface area contributed by atoms with Crippen LogP contribution in [0.5, 0.6) is 5.75 Å². The average Bonchev–Trinajstić information content (AvgIpc) is 3.21. The van der Waals surface area contributed by atoms with Crippen LogP contribution in [0.3, 0.4) is 0 Å². The zero-order valence-corrected chi connectivity index (χ0v) is 16.7. The second kappa shape index (κ2) is 8.62. The summed E-state index contributed by atoms with van der Waals surface area (Å²) in [6.07, 6.45) is 2.61. The number of carbonyl (C=O) groups excluding carboxylic acids is 3. The van der Waals surface area contributed by atoms with E-state index < -0.39 is 24.4 Å². The molecule has 1 aliphatic carbocycles. The molecule has 0 saturated heterocycles. The lowest BCUT2D eigenvalue weighted by Crippen LogP contribution is -2.24. The lowest BCUT2D eigenvalue weighted by Gasteiger charge is -2.09. The number of carbonyl (C=O) groups is 3. The van der Waals surface area contributed by atoms with Crippen LogP contribution in [0.15, 0.2) is 18.2 Å². The van der Waals surface area contributed by atoms with Gasteiger partial charge in [-0.3, -0.25) is 9.59 Å². The molecule has 9 heteroatoms. The number of benzene rings is 1. The molecule has 28 heavy (non-hydrogen) atoms. The number of fused-ring (bicyclic) bond motifs is 1. The molecule has 0 aliphatic heterocycles. The maximum atomic E-state index is 12.1. The Kier molecular flexibility index (Phi) is 6.21. The molecule has 2 aromatic rings. The SMILES string of the molecule is Cc1ccc(Cl)c(OCC(=O)OCC(=O)Nc2sc3c(c2C(N)=O)CCC3)c1. The summed E-state index contributed by atoms with van der Waals surface area (Å²) in [5.74, 6) is -1.47. The van der Waals surface area contributed by atoms with E-state index >= 15 is 0 Å². The standard InChI is InChI=1S/C19H19ClN2O5S/c1-10-5-6-12(20)13(7-10)26-9-16(24)27-8-15(23)22-19-17(18(21)25)11-3-2-4-14(11)28-19/h5-7H,2-4,8-9H2,1H3,(H2,21,25)(H,22,23). The zero-order valence-electron chi connectivity index (χ0n) is 15.2. The number of nitrogens with one attached hydrogen (secondary N) is 1. The van der Waals surface area contributed by atoms with Crippen LogP contribution in [0.25, 0.3) is 0 Å². The Hall–Kier alpha value is -2.58. The summed E-state index contributed by atoms with van der Waals surface area (Å²) in [6, 6.07) is 5.18. The van der Waals surface area contributed by atoms with E-state index in [2.05, 4.69) is 5.32 Å². The van der Waals surface area contributed by atoms with Gasteiger partial charge in [0.25, 0.3) is 11.8 Å². The zero-order chi connectivity index (χ0) is 20.3. The van der Waals surface area contributed by atoms with E-state index in [0.29, 0.717) is 21.3 Å². The van der Waals surface area contributed by atoms with Crippen molar-refractivity contribution in [2.75, 3.05) is 18.5 Å². The second-order valence-corrected chi connectivity index (χ2v) is 7.87. The van der Waals surface area contributed by atoms with E-state index in [9.17, 15) is 14.4 Å². The van der Waals surface area contributed by atoms with Crippen molar-refractivity contribution in [1.29, 1.82) is 0 Å². The fourth-order valence-corrected chi connectivity index (χ4v) is 4.44. The largest absolute Gasteiger partial charge is 0.480 e. The van der Waals surface area contributed by atoms with Crippen molar-refractivity contribution < 1.29 is 23.9 Å². The first-order valence-electron chi connectivity index (χ1n) is 8.64. The maximum Gasteiger partial charge on any atom is 0.344 e. The molecular weight excluding hydrogens is 404 g/mol. The van der Waals surface area contributed by atoms with Gasteiger partial charge in [0.05, 0.1) is 10.6 Å². The molecule has 7 nitrogen and oxygen atoms in total. The first-order valence-corrected chi connectivity index (χ1v) is 9.83. The molecule has 0 bridgehead atoms. The van der Waals surface area contributed by atoms with Crippen LogP contribution < -0.4 is 15.8 Å². The molecule has 1 aliphatic rings. The molecule has 0 saturated carbocycles. The Balaban J connectivity index is 1.51. The van der Waals surface area contributed by atoms with Crippen molar-refractivity contribution in [2.24, 2.45) is 5.73 Å². The number of anilines is 1. The minimum absolute atomic E-state index is 0.356. The van der Waals surface area contributed by atoms with Gasteiger partial charge in [0.15, 0.2) is 13.2 Å². The molecule has 0 unspecified atom stereocenters. The summed E-state index contributed by atoms with van der Waals surface area (Å²) in [5, 5.41) is 3.39. The third kappa shape index (κ3) is 4.63. The minimum Gasteiger partial charge on any atom is -0.480 e. The van der Waals surface area contributed by atoms with Crippen molar-refractivity contribution >= 4 is 45.7 Å².